The summed E-state index contributed by atoms with van der Waals surface area (Å²) in [7, 11) is -0.422. The predicted molar refractivity (Wildman–Crippen MR) is 99.4 cm³/mol. The minimum atomic E-state index is -0.422. The van der Waals surface area contributed by atoms with Gasteiger partial charge >= 0.3 is 7.12 Å². The molecule has 6 heteroatoms. The molecule has 0 unspecified atom stereocenters. The molecule has 1 aromatic heterocycles. The molecular weight excluding hydrogens is 301 g/mol. The van der Waals surface area contributed by atoms with Gasteiger partial charge in [-0.15, -0.1) is 0 Å². The Morgan fingerprint density at radius 1 is 0.875 bits per heavy atom. The standard InChI is InChI=1S/C18H32BN3O2/c1-7-9-11-13-15(14(12-10-8-2)22-16(20)21-13)19-23-17(3,4)18(5,6)24-19/h7-12H2,1-6H3,(H2,20,21,22). The maximum Gasteiger partial charge on any atom is 0.498 e. The summed E-state index contributed by atoms with van der Waals surface area (Å²) in [5.41, 5.74) is 8.19. The Labute approximate surface area is 146 Å². The van der Waals surface area contributed by atoms with Gasteiger partial charge in [-0.1, -0.05) is 26.7 Å². The fourth-order valence-electron chi connectivity index (χ4n) is 2.89. The largest absolute Gasteiger partial charge is 0.498 e. The Morgan fingerprint density at radius 2 is 1.29 bits per heavy atom. The van der Waals surface area contributed by atoms with Crippen LogP contribution in [0.15, 0.2) is 0 Å². The van der Waals surface area contributed by atoms with E-state index >= 15 is 0 Å². The highest BCUT2D eigenvalue weighted by Gasteiger charge is 2.53. The molecule has 134 valence electrons. The average Bonchev–Trinajstić information content (AvgIpc) is 2.70. The van der Waals surface area contributed by atoms with Crippen LogP contribution in [0.4, 0.5) is 5.95 Å². The van der Waals surface area contributed by atoms with Crippen LogP contribution in [0.3, 0.4) is 0 Å². The lowest BCUT2D eigenvalue weighted by molar-refractivity contribution is 0.00578. The number of hydrogen-bond donors (Lipinski definition) is 1. The minimum absolute atomic E-state index is 0.354. The van der Waals surface area contributed by atoms with E-state index in [9.17, 15) is 0 Å². The van der Waals surface area contributed by atoms with E-state index in [0.717, 1.165) is 55.4 Å². The minimum Gasteiger partial charge on any atom is -0.399 e. The van der Waals surface area contributed by atoms with Gasteiger partial charge in [0.15, 0.2) is 0 Å². The van der Waals surface area contributed by atoms with Gasteiger partial charge in [0.2, 0.25) is 5.95 Å². The van der Waals surface area contributed by atoms with Crippen LogP contribution in [0.5, 0.6) is 0 Å². The molecule has 0 amide bonds. The van der Waals surface area contributed by atoms with E-state index in [-0.39, 0.29) is 11.2 Å². The molecule has 0 spiro atoms. The number of anilines is 1. The lowest BCUT2D eigenvalue weighted by atomic mass is 9.74. The number of nitrogens with zero attached hydrogens (tertiary/aromatic N) is 2. The molecule has 1 aliphatic heterocycles. The molecule has 5 nitrogen and oxygen atoms in total. The number of hydrogen-bond acceptors (Lipinski definition) is 5. The monoisotopic (exact) mass is 333 g/mol. The maximum absolute atomic E-state index is 6.29. The van der Waals surface area contributed by atoms with Crippen molar-refractivity contribution in [2.45, 2.75) is 91.3 Å². The van der Waals surface area contributed by atoms with Crippen LogP contribution in [-0.4, -0.2) is 28.3 Å². The van der Waals surface area contributed by atoms with Gasteiger partial charge in [-0.3, -0.25) is 0 Å². The van der Waals surface area contributed by atoms with Crippen molar-refractivity contribution in [3.05, 3.63) is 11.4 Å². The van der Waals surface area contributed by atoms with Crippen LogP contribution in [0.2, 0.25) is 0 Å². The number of rotatable bonds is 7. The molecule has 2 heterocycles. The first-order valence-electron chi connectivity index (χ1n) is 9.22. The molecule has 0 radical (unpaired) electrons. The zero-order valence-electron chi connectivity index (χ0n) is 16.1. The van der Waals surface area contributed by atoms with Crippen LogP contribution in [0.1, 0.15) is 78.6 Å². The van der Waals surface area contributed by atoms with Crippen molar-refractivity contribution in [2.24, 2.45) is 0 Å². The molecule has 2 N–H and O–H groups in total. The third-order valence-electron chi connectivity index (χ3n) is 5.14. The van der Waals surface area contributed by atoms with Crippen LogP contribution in [-0.2, 0) is 22.2 Å². The number of nitrogens with two attached hydrogens (primary N) is 1. The normalized spacial score (nSPS) is 19.0. The third-order valence-corrected chi connectivity index (χ3v) is 5.14. The topological polar surface area (TPSA) is 70.3 Å². The highest BCUT2D eigenvalue weighted by molar-refractivity contribution is 6.63. The third kappa shape index (κ3) is 3.91. The lowest BCUT2D eigenvalue weighted by Crippen LogP contribution is -2.41. The fourth-order valence-corrected chi connectivity index (χ4v) is 2.89. The molecule has 24 heavy (non-hydrogen) atoms. The number of aromatic nitrogens is 2. The first-order valence-corrected chi connectivity index (χ1v) is 9.22. The first-order chi connectivity index (χ1) is 11.2. The van der Waals surface area contributed by atoms with E-state index in [1.54, 1.807) is 0 Å². The molecular formula is C18H32BN3O2. The van der Waals surface area contributed by atoms with E-state index in [1.165, 1.54) is 0 Å². The van der Waals surface area contributed by atoms with E-state index in [2.05, 4.69) is 51.5 Å². The van der Waals surface area contributed by atoms with Crippen molar-refractivity contribution in [3.63, 3.8) is 0 Å². The smallest absolute Gasteiger partial charge is 0.399 e. The zero-order chi connectivity index (χ0) is 18.0. The van der Waals surface area contributed by atoms with Crippen molar-refractivity contribution in [3.8, 4) is 0 Å². The zero-order valence-corrected chi connectivity index (χ0v) is 16.1. The van der Waals surface area contributed by atoms with Crippen molar-refractivity contribution in [2.75, 3.05) is 5.73 Å². The highest BCUT2D eigenvalue weighted by atomic mass is 16.7. The molecule has 1 aromatic rings. The summed E-state index contributed by atoms with van der Waals surface area (Å²) in [4.78, 5) is 9.05. The second-order valence-corrected chi connectivity index (χ2v) is 7.68. The van der Waals surface area contributed by atoms with Crippen LogP contribution in [0.25, 0.3) is 0 Å². The number of aryl methyl sites for hydroxylation is 2. The Morgan fingerprint density at radius 3 is 1.67 bits per heavy atom. The van der Waals surface area contributed by atoms with E-state index in [1.807, 2.05) is 0 Å². The van der Waals surface area contributed by atoms with Gasteiger partial charge in [-0.25, -0.2) is 9.97 Å². The van der Waals surface area contributed by atoms with Gasteiger partial charge < -0.3 is 15.0 Å². The molecule has 1 saturated heterocycles. The van der Waals surface area contributed by atoms with Crippen molar-refractivity contribution >= 4 is 18.5 Å². The Kier molecular flexibility index (Phi) is 5.92. The summed E-state index contributed by atoms with van der Waals surface area (Å²) < 4.78 is 12.6. The van der Waals surface area contributed by atoms with E-state index in [0.29, 0.717) is 5.95 Å². The maximum atomic E-state index is 6.29. The molecule has 1 fully saturated rings. The van der Waals surface area contributed by atoms with Crippen molar-refractivity contribution < 1.29 is 9.31 Å². The summed E-state index contributed by atoms with van der Waals surface area (Å²) in [5, 5.41) is 0. The summed E-state index contributed by atoms with van der Waals surface area (Å²) >= 11 is 0. The average molecular weight is 333 g/mol. The summed E-state index contributed by atoms with van der Waals surface area (Å²) in [6.45, 7) is 12.6. The fraction of sp³-hybridized carbons (Fsp3) is 0.778. The first kappa shape index (κ1) is 19.2. The molecule has 0 aliphatic carbocycles. The number of nitrogen functional groups attached to an aromatic ring is 1. The summed E-state index contributed by atoms with van der Waals surface area (Å²) in [6, 6.07) is 0. The van der Waals surface area contributed by atoms with Gasteiger partial charge in [-0.2, -0.15) is 0 Å². The molecule has 1 aliphatic rings. The predicted octanol–water partition coefficient (Wildman–Crippen LogP) is 3.04. The van der Waals surface area contributed by atoms with E-state index in [4.69, 9.17) is 15.0 Å². The Balaban J connectivity index is 2.45. The quantitative estimate of drug-likeness (QED) is 0.777. The van der Waals surface area contributed by atoms with Crippen molar-refractivity contribution in [1.29, 1.82) is 0 Å². The van der Waals surface area contributed by atoms with Gasteiger partial charge in [0.25, 0.3) is 0 Å². The molecule has 0 atom stereocenters. The molecule has 0 aromatic carbocycles. The number of unbranched alkanes of at least 4 members (excludes halogenated alkanes) is 2. The van der Waals surface area contributed by atoms with Gasteiger partial charge in [0.1, 0.15) is 0 Å². The van der Waals surface area contributed by atoms with Crippen LogP contribution in [0, 0.1) is 0 Å². The Bertz CT molecular complexity index is 530. The molecule has 0 bridgehead atoms. The van der Waals surface area contributed by atoms with E-state index < -0.39 is 7.12 Å². The second-order valence-electron chi connectivity index (χ2n) is 7.68. The molecule has 2 rings (SSSR count). The SMILES string of the molecule is CCCCc1nc(N)nc(CCCC)c1B1OC(C)(C)C(C)(C)O1. The van der Waals surface area contributed by atoms with Crippen molar-refractivity contribution in [1.82, 2.24) is 9.97 Å². The van der Waals surface area contributed by atoms with Crippen LogP contribution < -0.4 is 11.2 Å². The Hall–Kier alpha value is -1.14. The van der Waals surface area contributed by atoms with Gasteiger partial charge in [-0.05, 0) is 53.4 Å². The highest BCUT2D eigenvalue weighted by Crippen LogP contribution is 2.37. The van der Waals surface area contributed by atoms with Gasteiger partial charge in [0.05, 0.1) is 11.2 Å². The van der Waals surface area contributed by atoms with Crippen LogP contribution >= 0.6 is 0 Å². The second kappa shape index (κ2) is 7.40. The lowest BCUT2D eigenvalue weighted by Gasteiger charge is -2.32. The summed E-state index contributed by atoms with van der Waals surface area (Å²) in [6.07, 6.45) is 6.10. The van der Waals surface area contributed by atoms with Gasteiger partial charge in [0, 0.05) is 16.9 Å². The molecule has 0 saturated carbocycles. The summed E-state index contributed by atoms with van der Waals surface area (Å²) in [5.74, 6) is 0.354.